The van der Waals surface area contributed by atoms with Gasteiger partial charge < -0.3 is 10.0 Å². The van der Waals surface area contributed by atoms with E-state index < -0.39 is 6.10 Å². The van der Waals surface area contributed by atoms with Gasteiger partial charge in [-0.25, -0.2) is 0 Å². The standard InChI is InChI=1S/C12H23NO2/c1-9(10(14)12(2,3)4)11(15)13-7-5-6-8-13/h9-10,14H,5-8H2,1-4H3. The summed E-state index contributed by atoms with van der Waals surface area (Å²) in [6.07, 6.45) is 1.64. The number of aliphatic hydroxyl groups excluding tert-OH is 1. The molecule has 1 amide bonds. The SMILES string of the molecule is CC(C(=O)N1CCCC1)C(O)C(C)(C)C. The maximum atomic E-state index is 12.0. The minimum absolute atomic E-state index is 0.106. The van der Waals surface area contributed by atoms with Crippen LogP contribution in [-0.2, 0) is 4.79 Å². The van der Waals surface area contributed by atoms with E-state index in [1.165, 1.54) is 0 Å². The van der Waals surface area contributed by atoms with Crippen molar-refractivity contribution in [3.8, 4) is 0 Å². The van der Waals surface area contributed by atoms with Crippen molar-refractivity contribution < 1.29 is 9.90 Å². The van der Waals surface area contributed by atoms with Crippen LogP contribution < -0.4 is 0 Å². The smallest absolute Gasteiger partial charge is 0.228 e. The van der Waals surface area contributed by atoms with Crippen LogP contribution in [-0.4, -0.2) is 35.1 Å². The summed E-state index contributed by atoms with van der Waals surface area (Å²) < 4.78 is 0. The van der Waals surface area contributed by atoms with Crippen LogP contribution in [0.15, 0.2) is 0 Å². The zero-order valence-electron chi connectivity index (χ0n) is 10.3. The van der Waals surface area contributed by atoms with E-state index in [0.717, 1.165) is 25.9 Å². The van der Waals surface area contributed by atoms with Gasteiger partial charge in [0.15, 0.2) is 0 Å². The summed E-state index contributed by atoms with van der Waals surface area (Å²) >= 11 is 0. The lowest BCUT2D eigenvalue weighted by molar-refractivity contribution is -0.140. The van der Waals surface area contributed by atoms with E-state index in [0.29, 0.717) is 0 Å². The molecule has 1 aliphatic heterocycles. The number of amides is 1. The average molecular weight is 213 g/mol. The molecular weight excluding hydrogens is 190 g/mol. The Bertz CT molecular complexity index is 226. The second-order valence-electron chi connectivity index (χ2n) is 5.63. The quantitative estimate of drug-likeness (QED) is 0.757. The van der Waals surface area contributed by atoms with Crippen molar-refractivity contribution in [2.24, 2.45) is 11.3 Å². The van der Waals surface area contributed by atoms with Crippen LogP contribution >= 0.6 is 0 Å². The van der Waals surface area contributed by atoms with Gasteiger partial charge in [-0.2, -0.15) is 0 Å². The Morgan fingerprint density at radius 1 is 1.27 bits per heavy atom. The molecule has 0 saturated carbocycles. The zero-order chi connectivity index (χ0) is 11.6. The predicted octanol–water partition coefficient (Wildman–Crippen LogP) is 1.65. The fourth-order valence-electron chi connectivity index (χ4n) is 2.11. The van der Waals surface area contributed by atoms with E-state index in [4.69, 9.17) is 0 Å². The average Bonchev–Trinajstić information content (AvgIpc) is 2.65. The number of aliphatic hydroxyl groups is 1. The van der Waals surface area contributed by atoms with Crippen molar-refractivity contribution >= 4 is 5.91 Å². The van der Waals surface area contributed by atoms with E-state index in [1.54, 1.807) is 0 Å². The number of likely N-dealkylation sites (tertiary alicyclic amines) is 1. The molecule has 1 fully saturated rings. The van der Waals surface area contributed by atoms with Gasteiger partial charge in [-0.05, 0) is 18.3 Å². The molecule has 1 rings (SSSR count). The first kappa shape index (κ1) is 12.5. The largest absolute Gasteiger partial charge is 0.392 e. The summed E-state index contributed by atoms with van der Waals surface area (Å²) in [5, 5.41) is 10.0. The third-order valence-corrected chi connectivity index (χ3v) is 3.17. The number of nitrogens with zero attached hydrogens (tertiary/aromatic N) is 1. The molecule has 1 aliphatic rings. The van der Waals surface area contributed by atoms with Gasteiger partial charge in [0.25, 0.3) is 0 Å². The Morgan fingerprint density at radius 2 is 1.73 bits per heavy atom. The van der Waals surface area contributed by atoms with Gasteiger partial charge in [0.2, 0.25) is 5.91 Å². The Balaban J connectivity index is 2.59. The summed E-state index contributed by atoms with van der Waals surface area (Å²) in [5.41, 5.74) is -0.227. The Morgan fingerprint density at radius 3 is 2.13 bits per heavy atom. The maximum Gasteiger partial charge on any atom is 0.228 e. The first-order valence-electron chi connectivity index (χ1n) is 5.81. The van der Waals surface area contributed by atoms with Crippen molar-refractivity contribution in [2.45, 2.75) is 46.6 Å². The minimum Gasteiger partial charge on any atom is -0.392 e. The molecular formula is C12H23NO2. The number of carbonyl (C=O) groups is 1. The minimum atomic E-state index is -0.564. The fourth-order valence-corrected chi connectivity index (χ4v) is 2.11. The molecule has 0 spiro atoms. The molecule has 0 bridgehead atoms. The van der Waals surface area contributed by atoms with E-state index >= 15 is 0 Å². The lowest BCUT2D eigenvalue weighted by Crippen LogP contribution is -2.43. The molecule has 88 valence electrons. The van der Waals surface area contributed by atoms with E-state index in [2.05, 4.69) is 0 Å². The van der Waals surface area contributed by atoms with Crippen molar-refractivity contribution in [1.29, 1.82) is 0 Å². The van der Waals surface area contributed by atoms with Crippen LogP contribution in [0.5, 0.6) is 0 Å². The van der Waals surface area contributed by atoms with E-state index in [1.807, 2.05) is 32.6 Å². The lowest BCUT2D eigenvalue weighted by Gasteiger charge is -2.32. The molecule has 1 N–H and O–H groups in total. The van der Waals surface area contributed by atoms with Gasteiger partial charge in [-0.1, -0.05) is 27.7 Å². The van der Waals surface area contributed by atoms with Crippen LogP contribution in [0.4, 0.5) is 0 Å². The monoisotopic (exact) mass is 213 g/mol. The van der Waals surface area contributed by atoms with Crippen LogP contribution in [0.25, 0.3) is 0 Å². The normalized spacial score (nSPS) is 21.5. The summed E-state index contributed by atoms with van der Waals surface area (Å²) in [6, 6.07) is 0. The first-order chi connectivity index (χ1) is 6.84. The molecule has 0 aliphatic carbocycles. The summed E-state index contributed by atoms with van der Waals surface area (Å²) in [7, 11) is 0. The van der Waals surface area contributed by atoms with Gasteiger partial charge in [-0.3, -0.25) is 4.79 Å². The number of rotatable bonds is 2. The highest BCUT2D eigenvalue weighted by Crippen LogP contribution is 2.27. The van der Waals surface area contributed by atoms with Crippen molar-refractivity contribution in [1.82, 2.24) is 4.90 Å². The third-order valence-electron chi connectivity index (χ3n) is 3.17. The van der Waals surface area contributed by atoms with Gasteiger partial charge in [0, 0.05) is 13.1 Å². The Kier molecular flexibility index (Phi) is 3.77. The fraction of sp³-hybridized carbons (Fsp3) is 0.917. The van der Waals surface area contributed by atoms with Crippen LogP contribution in [0, 0.1) is 11.3 Å². The Hall–Kier alpha value is -0.570. The van der Waals surface area contributed by atoms with Crippen molar-refractivity contribution in [2.75, 3.05) is 13.1 Å². The van der Waals surface area contributed by atoms with Gasteiger partial charge in [-0.15, -0.1) is 0 Å². The molecule has 2 atom stereocenters. The summed E-state index contributed by atoms with van der Waals surface area (Å²) in [6.45, 7) is 9.44. The number of hydrogen-bond donors (Lipinski definition) is 1. The Labute approximate surface area is 92.5 Å². The molecule has 0 radical (unpaired) electrons. The summed E-state index contributed by atoms with van der Waals surface area (Å²) in [4.78, 5) is 13.9. The third kappa shape index (κ3) is 2.94. The lowest BCUT2D eigenvalue weighted by atomic mass is 9.81. The van der Waals surface area contributed by atoms with E-state index in [9.17, 15) is 9.90 Å². The van der Waals surface area contributed by atoms with E-state index in [-0.39, 0.29) is 17.2 Å². The molecule has 3 heteroatoms. The molecule has 3 nitrogen and oxygen atoms in total. The molecule has 15 heavy (non-hydrogen) atoms. The van der Waals surface area contributed by atoms with Gasteiger partial charge in [0.05, 0.1) is 12.0 Å². The molecule has 1 heterocycles. The molecule has 0 aromatic carbocycles. The van der Waals surface area contributed by atoms with Crippen LogP contribution in [0.3, 0.4) is 0 Å². The highest BCUT2D eigenvalue weighted by atomic mass is 16.3. The van der Waals surface area contributed by atoms with Crippen molar-refractivity contribution in [3.05, 3.63) is 0 Å². The highest BCUT2D eigenvalue weighted by Gasteiger charge is 2.34. The highest BCUT2D eigenvalue weighted by molar-refractivity contribution is 5.79. The number of carbonyl (C=O) groups excluding carboxylic acids is 1. The second kappa shape index (κ2) is 4.52. The molecule has 0 aromatic heterocycles. The van der Waals surface area contributed by atoms with Crippen molar-refractivity contribution in [3.63, 3.8) is 0 Å². The second-order valence-corrected chi connectivity index (χ2v) is 5.63. The molecule has 0 aromatic rings. The van der Waals surface area contributed by atoms with Gasteiger partial charge >= 0.3 is 0 Å². The maximum absolute atomic E-state index is 12.0. The van der Waals surface area contributed by atoms with Gasteiger partial charge in [0.1, 0.15) is 0 Å². The molecule has 2 unspecified atom stereocenters. The topological polar surface area (TPSA) is 40.5 Å². The van der Waals surface area contributed by atoms with Crippen LogP contribution in [0.1, 0.15) is 40.5 Å². The number of hydrogen-bond acceptors (Lipinski definition) is 2. The first-order valence-corrected chi connectivity index (χ1v) is 5.81. The van der Waals surface area contributed by atoms with Crippen LogP contribution in [0.2, 0.25) is 0 Å². The zero-order valence-corrected chi connectivity index (χ0v) is 10.3. The predicted molar refractivity (Wildman–Crippen MR) is 60.4 cm³/mol. The molecule has 1 saturated heterocycles. The summed E-state index contributed by atoms with van der Waals surface area (Å²) in [5.74, 6) is -0.182.